The molecule has 10 heteroatoms. The van der Waals surface area contributed by atoms with Crippen LogP contribution in [-0.2, 0) is 17.1 Å². The summed E-state index contributed by atoms with van der Waals surface area (Å²) in [7, 11) is -0.276. The lowest BCUT2D eigenvalue weighted by Gasteiger charge is -2.17. The summed E-state index contributed by atoms with van der Waals surface area (Å²) in [6.07, 6.45) is 8.77. The van der Waals surface area contributed by atoms with Crippen molar-refractivity contribution in [3.63, 3.8) is 0 Å². The van der Waals surface area contributed by atoms with Gasteiger partial charge < -0.3 is 14.8 Å². The van der Waals surface area contributed by atoms with E-state index < -0.39 is 10.0 Å². The Balaban J connectivity index is 1.58. The van der Waals surface area contributed by atoms with Crippen molar-refractivity contribution in [2.24, 2.45) is 11.4 Å². The third-order valence-electron chi connectivity index (χ3n) is 5.45. The quantitative estimate of drug-likeness (QED) is 0.638. The normalized spacial score (nSPS) is 16.2. The van der Waals surface area contributed by atoms with Crippen molar-refractivity contribution < 1.29 is 13.2 Å². The van der Waals surface area contributed by atoms with Gasteiger partial charge in [0.25, 0.3) is 15.9 Å². The van der Waals surface area contributed by atoms with Gasteiger partial charge in [0.1, 0.15) is 17.2 Å². The molecule has 9 nitrogen and oxygen atoms in total. The number of rotatable bonds is 5. The minimum atomic E-state index is -3.90. The molecule has 1 amide bonds. The second-order valence-electron chi connectivity index (χ2n) is 7.79. The van der Waals surface area contributed by atoms with Crippen molar-refractivity contribution in [3.8, 4) is 5.82 Å². The highest BCUT2D eigenvalue weighted by Gasteiger charge is 2.21. The summed E-state index contributed by atoms with van der Waals surface area (Å²) in [6, 6.07) is 9.87. The van der Waals surface area contributed by atoms with Gasteiger partial charge in [0.2, 0.25) is 0 Å². The Hall–Kier alpha value is -3.40. The summed E-state index contributed by atoms with van der Waals surface area (Å²) in [5.41, 5.74) is 0.741. The number of anilines is 1. The third kappa shape index (κ3) is 4.59. The smallest absolute Gasteiger partial charge is 0.284 e. The lowest BCUT2D eigenvalue weighted by molar-refractivity contribution is 0.102. The molecule has 4 rings (SSSR count). The van der Waals surface area contributed by atoms with Crippen LogP contribution >= 0.6 is 0 Å². The highest BCUT2D eigenvalue weighted by Crippen LogP contribution is 2.22. The first kappa shape index (κ1) is 21.8. The molecular formula is C22H26N6O3S. The van der Waals surface area contributed by atoms with Crippen molar-refractivity contribution in [2.45, 2.75) is 30.6 Å². The van der Waals surface area contributed by atoms with Crippen molar-refractivity contribution >= 4 is 27.5 Å². The van der Waals surface area contributed by atoms with Crippen LogP contribution in [0.2, 0.25) is 0 Å². The zero-order valence-corrected chi connectivity index (χ0v) is 18.9. The van der Waals surface area contributed by atoms with Gasteiger partial charge in [0, 0.05) is 45.1 Å². The van der Waals surface area contributed by atoms with E-state index in [1.807, 2.05) is 36.5 Å². The van der Waals surface area contributed by atoms with Crippen LogP contribution in [-0.4, -0.2) is 53.0 Å². The zero-order chi connectivity index (χ0) is 22.7. The molecule has 1 fully saturated rings. The van der Waals surface area contributed by atoms with E-state index in [4.69, 9.17) is 0 Å². The van der Waals surface area contributed by atoms with E-state index in [0.29, 0.717) is 29.3 Å². The summed E-state index contributed by atoms with van der Waals surface area (Å²) in [5.74, 6) is 0.800. The molecule has 0 aliphatic carbocycles. The average Bonchev–Trinajstić information content (AvgIpc) is 3.37. The van der Waals surface area contributed by atoms with Gasteiger partial charge in [0.15, 0.2) is 0 Å². The summed E-state index contributed by atoms with van der Waals surface area (Å²) >= 11 is 0. The zero-order valence-electron chi connectivity index (χ0n) is 18.1. The number of likely N-dealkylation sites (tertiary alicyclic amines) is 1. The Labute approximate surface area is 187 Å². The Kier molecular flexibility index (Phi) is 6.13. The van der Waals surface area contributed by atoms with Crippen molar-refractivity contribution in [3.05, 3.63) is 60.6 Å². The summed E-state index contributed by atoms with van der Waals surface area (Å²) in [6.45, 7) is 0.791. The van der Waals surface area contributed by atoms with Gasteiger partial charge in [-0.15, -0.1) is 4.40 Å². The number of nitrogens with one attached hydrogen (secondary N) is 1. The van der Waals surface area contributed by atoms with E-state index >= 15 is 0 Å². The number of amidine groups is 1. The molecule has 2 aromatic heterocycles. The molecular weight excluding hydrogens is 428 g/mol. The molecule has 1 saturated heterocycles. The predicted octanol–water partition coefficient (Wildman–Crippen LogP) is 3.06. The minimum Gasteiger partial charge on any atom is -0.362 e. The van der Waals surface area contributed by atoms with Gasteiger partial charge >= 0.3 is 0 Å². The number of carbonyl (C=O) groups excluding carboxylic acids is 1. The van der Waals surface area contributed by atoms with E-state index in [1.54, 1.807) is 28.4 Å². The second kappa shape index (κ2) is 8.99. The lowest BCUT2D eigenvalue weighted by atomic mass is 10.2. The predicted molar refractivity (Wildman–Crippen MR) is 123 cm³/mol. The SMILES string of the molecule is CN1CCCCC/C1=N\S(=O)(=O)c1cccc(NC(=O)c2cnn(C)c2-n2cccc2)c1. The van der Waals surface area contributed by atoms with Crippen LogP contribution in [0.5, 0.6) is 0 Å². The van der Waals surface area contributed by atoms with E-state index in [9.17, 15) is 13.2 Å². The van der Waals surface area contributed by atoms with E-state index in [2.05, 4.69) is 14.8 Å². The molecule has 0 atom stereocenters. The number of aromatic nitrogens is 3. The molecule has 0 saturated carbocycles. The fourth-order valence-corrected chi connectivity index (χ4v) is 4.88. The van der Waals surface area contributed by atoms with Crippen molar-refractivity contribution in [1.82, 2.24) is 19.2 Å². The maximum Gasteiger partial charge on any atom is 0.284 e. The second-order valence-corrected chi connectivity index (χ2v) is 9.40. The Morgan fingerprint density at radius 2 is 1.88 bits per heavy atom. The first-order valence-electron chi connectivity index (χ1n) is 10.5. The van der Waals surface area contributed by atoms with E-state index in [-0.39, 0.29) is 10.8 Å². The number of carbonyl (C=O) groups is 1. The van der Waals surface area contributed by atoms with Crippen LogP contribution < -0.4 is 5.32 Å². The molecule has 1 N–H and O–H groups in total. The van der Waals surface area contributed by atoms with Crippen LogP contribution in [0.4, 0.5) is 5.69 Å². The van der Waals surface area contributed by atoms with Gasteiger partial charge in [-0.25, -0.2) is 0 Å². The number of benzene rings is 1. The molecule has 0 unspecified atom stereocenters. The molecule has 32 heavy (non-hydrogen) atoms. The van der Waals surface area contributed by atoms with Gasteiger partial charge in [-0.3, -0.25) is 9.48 Å². The molecule has 168 valence electrons. The van der Waals surface area contributed by atoms with Crippen LogP contribution in [0.15, 0.2) is 64.3 Å². The van der Waals surface area contributed by atoms with Gasteiger partial charge in [-0.2, -0.15) is 13.5 Å². The first-order valence-corrected chi connectivity index (χ1v) is 11.9. The van der Waals surface area contributed by atoms with E-state index in [1.165, 1.54) is 18.3 Å². The monoisotopic (exact) mass is 454 g/mol. The van der Waals surface area contributed by atoms with Crippen molar-refractivity contribution in [2.75, 3.05) is 18.9 Å². The molecule has 1 aliphatic rings. The van der Waals surface area contributed by atoms with E-state index in [0.717, 1.165) is 25.8 Å². The summed E-state index contributed by atoms with van der Waals surface area (Å²) in [5, 5.41) is 6.97. The largest absolute Gasteiger partial charge is 0.362 e. The lowest BCUT2D eigenvalue weighted by Crippen LogP contribution is -2.26. The maximum atomic E-state index is 12.9. The molecule has 0 radical (unpaired) electrons. The number of sulfonamides is 1. The van der Waals surface area contributed by atoms with Gasteiger partial charge in [0.05, 0.1) is 11.1 Å². The molecule has 1 aromatic carbocycles. The number of hydrogen-bond donors (Lipinski definition) is 1. The van der Waals surface area contributed by atoms with Gasteiger partial charge in [-0.1, -0.05) is 12.5 Å². The molecule has 0 bridgehead atoms. The summed E-state index contributed by atoms with van der Waals surface area (Å²) in [4.78, 5) is 14.9. The van der Waals surface area contributed by atoms with Crippen molar-refractivity contribution in [1.29, 1.82) is 0 Å². The summed E-state index contributed by atoms with van der Waals surface area (Å²) < 4.78 is 33.4. The number of nitrogens with zero attached hydrogens (tertiary/aromatic N) is 5. The molecule has 1 aliphatic heterocycles. The number of hydrogen-bond acceptors (Lipinski definition) is 4. The topological polar surface area (TPSA) is 102 Å². The number of aryl methyl sites for hydroxylation is 1. The standard InChI is InChI=1S/C22H26N6O3S/c1-26-12-5-3-4-11-20(26)25-32(30,31)18-10-8-9-17(15-18)24-21(29)19-16-23-27(2)22(19)28-13-6-7-14-28/h6-10,13-16H,3-5,11-12H2,1-2H3,(H,24,29)/b25-20+. The van der Waals surface area contributed by atoms with Gasteiger partial charge in [-0.05, 0) is 43.2 Å². The Bertz CT molecular complexity index is 1240. The fourth-order valence-electron chi connectivity index (χ4n) is 3.74. The van der Waals surface area contributed by atoms with Crippen LogP contribution in [0.1, 0.15) is 36.0 Å². The molecule has 0 spiro atoms. The van der Waals surface area contributed by atoms with Crippen LogP contribution in [0.25, 0.3) is 5.82 Å². The first-order chi connectivity index (χ1) is 15.3. The molecule has 3 aromatic rings. The maximum absolute atomic E-state index is 12.9. The average molecular weight is 455 g/mol. The van der Waals surface area contributed by atoms with Crippen LogP contribution in [0, 0.1) is 0 Å². The minimum absolute atomic E-state index is 0.0391. The Morgan fingerprint density at radius 3 is 2.66 bits per heavy atom. The van der Waals surface area contributed by atoms with Crippen LogP contribution in [0.3, 0.4) is 0 Å². The fraction of sp³-hybridized carbons (Fsp3) is 0.318. The highest BCUT2D eigenvalue weighted by molar-refractivity contribution is 7.90. The third-order valence-corrected chi connectivity index (χ3v) is 6.75. The molecule has 3 heterocycles. The Morgan fingerprint density at radius 1 is 1.09 bits per heavy atom. The number of amides is 1. The highest BCUT2D eigenvalue weighted by atomic mass is 32.2.